The van der Waals surface area contributed by atoms with Gasteiger partial charge in [-0.05, 0) is 50.6 Å². The smallest absolute Gasteiger partial charge is 0.331 e. The van der Waals surface area contributed by atoms with Gasteiger partial charge in [0.2, 0.25) is 0 Å². The fourth-order valence-corrected chi connectivity index (χ4v) is 2.99. The molecule has 2 amide bonds. The third-order valence-electron chi connectivity index (χ3n) is 4.45. The lowest BCUT2D eigenvalue weighted by molar-refractivity contribution is -0.137. The van der Waals surface area contributed by atoms with E-state index in [4.69, 9.17) is 0 Å². The zero-order chi connectivity index (χ0) is 17.9. The van der Waals surface area contributed by atoms with Gasteiger partial charge < -0.3 is 15.1 Å². The lowest BCUT2D eigenvalue weighted by atomic mass is 10.1. The summed E-state index contributed by atoms with van der Waals surface area (Å²) < 4.78 is 37.7. The summed E-state index contributed by atoms with van der Waals surface area (Å²) in [7, 11) is 3.81. The largest absolute Gasteiger partial charge is 0.416 e. The number of urea groups is 1. The topological polar surface area (TPSA) is 35.6 Å². The van der Waals surface area contributed by atoms with Crippen LogP contribution in [0.5, 0.6) is 0 Å². The Hall–Kier alpha value is -1.76. The summed E-state index contributed by atoms with van der Waals surface area (Å²) in [5.41, 5.74) is -0.0439. The predicted molar refractivity (Wildman–Crippen MR) is 86.6 cm³/mol. The minimum atomic E-state index is -4.35. The standard InChI is InChI=1S/C17H24F3N3O/c1-12(14-4-6-15(7-5-14)17(18,19)20)21-16(24)23(3)11-13-8-9-22(2)10-13/h4-7,12-13H,8-11H2,1-3H3,(H,21,24)/t12-,13+/m1/s1. The van der Waals surface area contributed by atoms with Gasteiger partial charge in [0.25, 0.3) is 0 Å². The number of benzene rings is 1. The highest BCUT2D eigenvalue weighted by Gasteiger charge is 2.30. The maximum atomic E-state index is 12.6. The molecule has 0 spiro atoms. The van der Waals surface area contributed by atoms with Gasteiger partial charge in [0.15, 0.2) is 0 Å². The molecule has 1 aromatic carbocycles. The third kappa shape index (κ3) is 4.87. The number of carbonyl (C=O) groups excluding carboxylic acids is 1. The van der Waals surface area contributed by atoms with Crippen LogP contribution in [0.2, 0.25) is 0 Å². The summed E-state index contributed by atoms with van der Waals surface area (Å²) in [6.07, 6.45) is -3.28. The van der Waals surface area contributed by atoms with E-state index in [9.17, 15) is 18.0 Å². The van der Waals surface area contributed by atoms with E-state index in [0.717, 1.165) is 31.6 Å². The Morgan fingerprint density at radius 1 is 1.38 bits per heavy atom. The van der Waals surface area contributed by atoms with Crippen molar-refractivity contribution in [2.24, 2.45) is 5.92 Å². The van der Waals surface area contributed by atoms with Crippen molar-refractivity contribution in [2.75, 3.05) is 33.7 Å². The normalized spacial score (nSPS) is 20.0. The molecule has 24 heavy (non-hydrogen) atoms. The molecule has 0 radical (unpaired) electrons. The van der Waals surface area contributed by atoms with Crippen molar-refractivity contribution in [3.8, 4) is 0 Å². The summed E-state index contributed by atoms with van der Waals surface area (Å²) in [4.78, 5) is 16.1. The van der Waals surface area contributed by atoms with Crippen LogP contribution in [0.4, 0.5) is 18.0 Å². The molecule has 4 nitrogen and oxygen atoms in total. The molecule has 0 aliphatic carbocycles. The van der Waals surface area contributed by atoms with Crippen molar-refractivity contribution < 1.29 is 18.0 Å². The first-order valence-electron chi connectivity index (χ1n) is 8.04. The highest BCUT2D eigenvalue weighted by atomic mass is 19.4. The fourth-order valence-electron chi connectivity index (χ4n) is 2.99. The maximum absolute atomic E-state index is 12.6. The zero-order valence-electron chi connectivity index (χ0n) is 14.2. The lowest BCUT2D eigenvalue weighted by Crippen LogP contribution is -2.41. The van der Waals surface area contributed by atoms with E-state index in [1.165, 1.54) is 12.1 Å². The molecule has 0 saturated carbocycles. The van der Waals surface area contributed by atoms with Gasteiger partial charge >= 0.3 is 12.2 Å². The molecule has 2 rings (SSSR count). The number of nitrogens with zero attached hydrogens (tertiary/aromatic N) is 2. The molecule has 7 heteroatoms. The number of likely N-dealkylation sites (tertiary alicyclic amines) is 1. The summed E-state index contributed by atoms with van der Waals surface area (Å²) in [5.74, 6) is 0.465. The van der Waals surface area contributed by atoms with Crippen LogP contribution in [-0.4, -0.2) is 49.6 Å². The van der Waals surface area contributed by atoms with Crippen LogP contribution in [0.15, 0.2) is 24.3 Å². The molecule has 1 heterocycles. The highest BCUT2D eigenvalue weighted by molar-refractivity contribution is 5.74. The van der Waals surface area contributed by atoms with Crippen molar-refractivity contribution in [3.63, 3.8) is 0 Å². The Bertz CT molecular complexity index is 559. The van der Waals surface area contributed by atoms with Gasteiger partial charge in [-0.1, -0.05) is 12.1 Å². The zero-order valence-corrected chi connectivity index (χ0v) is 14.2. The quantitative estimate of drug-likeness (QED) is 0.910. The fraction of sp³-hybridized carbons (Fsp3) is 0.588. The molecule has 0 unspecified atom stereocenters. The Labute approximate surface area is 140 Å². The molecule has 2 atom stereocenters. The Balaban J connectivity index is 1.88. The minimum Gasteiger partial charge on any atom is -0.331 e. The van der Waals surface area contributed by atoms with Crippen molar-refractivity contribution in [3.05, 3.63) is 35.4 Å². The second-order valence-electron chi connectivity index (χ2n) is 6.59. The average molecular weight is 343 g/mol. The van der Waals surface area contributed by atoms with E-state index < -0.39 is 11.7 Å². The minimum absolute atomic E-state index is 0.211. The van der Waals surface area contributed by atoms with Crippen LogP contribution < -0.4 is 5.32 Å². The van der Waals surface area contributed by atoms with E-state index >= 15 is 0 Å². The van der Waals surface area contributed by atoms with E-state index in [-0.39, 0.29) is 12.1 Å². The maximum Gasteiger partial charge on any atom is 0.416 e. The van der Waals surface area contributed by atoms with Crippen LogP contribution in [0.1, 0.15) is 30.5 Å². The third-order valence-corrected chi connectivity index (χ3v) is 4.45. The van der Waals surface area contributed by atoms with Gasteiger partial charge in [-0.25, -0.2) is 4.79 Å². The van der Waals surface area contributed by atoms with Crippen molar-refractivity contribution >= 4 is 6.03 Å². The summed E-state index contributed by atoms with van der Waals surface area (Å²) in [6.45, 7) is 4.46. The second-order valence-corrected chi connectivity index (χ2v) is 6.59. The first-order chi connectivity index (χ1) is 11.2. The molecular weight excluding hydrogens is 319 g/mol. The van der Waals surface area contributed by atoms with Crippen molar-refractivity contribution in [1.82, 2.24) is 15.1 Å². The molecule has 0 bridgehead atoms. The number of rotatable bonds is 4. The monoisotopic (exact) mass is 343 g/mol. The number of alkyl halides is 3. The molecular formula is C17H24F3N3O. The van der Waals surface area contributed by atoms with E-state index in [1.54, 1.807) is 18.9 Å². The first kappa shape index (κ1) is 18.6. The van der Waals surface area contributed by atoms with Crippen LogP contribution in [0, 0.1) is 5.92 Å². The van der Waals surface area contributed by atoms with Gasteiger partial charge in [-0.15, -0.1) is 0 Å². The number of carbonyl (C=O) groups is 1. The van der Waals surface area contributed by atoms with Crippen molar-refractivity contribution in [2.45, 2.75) is 25.6 Å². The van der Waals surface area contributed by atoms with Crippen molar-refractivity contribution in [1.29, 1.82) is 0 Å². The van der Waals surface area contributed by atoms with Gasteiger partial charge in [0.1, 0.15) is 0 Å². The van der Waals surface area contributed by atoms with Crippen LogP contribution in [-0.2, 0) is 6.18 Å². The number of nitrogens with one attached hydrogen (secondary N) is 1. The molecule has 1 N–H and O–H groups in total. The second kappa shape index (κ2) is 7.42. The van der Waals surface area contributed by atoms with E-state index in [0.29, 0.717) is 18.0 Å². The Morgan fingerprint density at radius 2 is 2.00 bits per heavy atom. The lowest BCUT2D eigenvalue weighted by Gasteiger charge is -2.24. The first-order valence-corrected chi connectivity index (χ1v) is 8.04. The summed E-state index contributed by atoms with van der Waals surface area (Å²) >= 11 is 0. The highest BCUT2D eigenvalue weighted by Crippen LogP contribution is 2.29. The van der Waals surface area contributed by atoms with E-state index in [2.05, 4.69) is 17.3 Å². The van der Waals surface area contributed by atoms with Crippen LogP contribution in [0.25, 0.3) is 0 Å². The Kier molecular flexibility index (Phi) is 5.74. The molecule has 1 aliphatic rings. The number of amides is 2. The number of hydrogen-bond donors (Lipinski definition) is 1. The van der Waals surface area contributed by atoms with Gasteiger partial charge in [-0.2, -0.15) is 13.2 Å². The van der Waals surface area contributed by atoms with Crippen LogP contribution >= 0.6 is 0 Å². The van der Waals surface area contributed by atoms with Gasteiger partial charge in [0, 0.05) is 20.1 Å². The average Bonchev–Trinajstić information content (AvgIpc) is 2.91. The van der Waals surface area contributed by atoms with Gasteiger partial charge in [-0.3, -0.25) is 0 Å². The van der Waals surface area contributed by atoms with E-state index in [1.807, 2.05) is 0 Å². The molecule has 1 aromatic rings. The van der Waals surface area contributed by atoms with Gasteiger partial charge in [0.05, 0.1) is 11.6 Å². The summed E-state index contributed by atoms with van der Waals surface area (Å²) in [6, 6.07) is 4.32. The molecule has 0 aromatic heterocycles. The van der Waals surface area contributed by atoms with Crippen LogP contribution in [0.3, 0.4) is 0 Å². The Morgan fingerprint density at radius 3 is 2.50 bits per heavy atom. The molecule has 1 fully saturated rings. The number of halogens is 3. The number of hydrogen-bond acceptors (Lipinski definition) is 2. The SMILES string of the molecule is C[C@@H](NC(=O)N(C)C[C@H]1CCN(C)C1)c1ccc(C(F)(F)F)cc1. The molecule has 134 valence electrons. The predicted octanol–water partition coefficient (Wildman–Crippen LogP) is 3.36. The molecule has 1 saturated heterocycles. The molecule has 1 aliphatic heterocycles. The summed E-state index contributed by atoms with van der Waals surface area (Å²) in [5, 5.41) is 2.83.